The molecule has 0 saturated carbocycles. The maximum Gasteiger partial charge on any atom is 0.391 e. The van der Waals surface area contributed by atoms with Crippen molar-refractivity contribution in [2.75, 3.05) is 11.4 Å². The zero-order chi connectivity index (χ0) is 16.9. The average molecular weight is 337 g/mol. The van der Waals surface area contributed by atoms with Gasteiger partial charge in [-0.15, -0.1) is 0 Å². The largest absolute Gasteiger partial charge is 0.391 e. The van der Waals surface area contributed by atoms with Crippen LogP contribution in [0.15, 0.2) is 24.9 Å². The lowest BCUT2D eigenvalue weighted by Crippen LogP contribution is -2.57. The number of alkyl halides is 3. The van der Waals surface area contributed by atoms with Crippen molar-refractivity contribution in [3.8, 4) is 5.95 Å². The van der Waals surface area contributed by atoms with Gasteiger partial charge in [0.15, 0.2) is 5.78 Å². The van der Waals surface area contributed by atoms with Crippen molar-refractivity contribution < 1.29 is 18.0 Å². The van der Waals surface area contributed by atoms with E-state index in [1.165, 1.54) is 17.4 Å². The van der Waals surface area contributed by atoms with Crippen LogP contribution >= 0.6 is 0 Å². The number of anilines is 1. The van der Waals surface area contributed by atoms with Crippen LogP contribution in [-0.2, 0) is 11.2 Å². The molecule has 1 fully saturated rings. The van der Waals surface area contributed by atoms with Crippen molar-refractivity contribution in [1.29, 1.82) is 0 Å². The maximum atomic E-state index is 13.1. The molecule has 2 aromatic rings. The van der Waals surface area contributed by atoms with Crippen molar-refractivity contribution in [2.24, 2.45) is 0 Å². The van der Waals surface area contributed by atoms with Crippen LogP contribution in [0.4, 0.5) is 19.0 Å². The van der Waals surface area contributed by atoms with Crippen LogP contribution in [0.25, 0.3) is 5.95 Å². The molecule has 0 amide bonds. The first-order chi connectivity index (χ1) is 11.4. The number of aromatic nitrogens is 4. The Morgan fingerprint density at radius 1 is 1.33 bits per heavy atom. The summed E-state index contributed by atoms with van der Waals surface area (Å²) in [6, 6.07) is 0. The number of halogens is 3. The second-order valence-electron chi connectivity index (χ2n) is 6.17. The van der Waals surface area contributed by atoms with E-state index in [2.05, 4.69) is 15.0 Å². The predicted molar refractivity (Wildman–Crippen MR) is 77.8 cm³/mol. The van der Waals surface area contributed by atoms with Crippen LogP contribution < -0.4 is 4.90 Å². The molecule has 4 rings (SSSR count). The van der Waals surface area contributed by atoms with Crippen LogP contribution in [0, 0.1) is 0 Å². The third-order valence-electron chi connectivity index (χ3n) is 4.67. The standard InChI is InChI=1S/C15H14F3N5O/c16-15(17,18)8-14-2-1-4-23(14)12-10(6-11(14)24)7-20-13(21-12)22-5-3-19-9-22/h3,5,7,9H,1-2,4,6,8H2. The molecule has 1 unspecified atom stereocenters. The molecule has 1 saturated heterocycles. The van der Waals surface area contributed by atoms with Gasteiger partial charge in [0.1, 0.15) is 17.7 Å². The number of ketones is 1. The third kappa shape index (κ3) is 2.26. The fourth-order valence-electron chi connectivity index (χ4n) is 3.68. The zero-order valence-corrected chi connectivity index (χ0v) is 12.6. The van der Waals surface area contributed by atoms with Gasteiger partial charge in [-0.3, -0.25) is 9.36 Å². The number of Topliss-reactive ketones (excluding diaryl/α,β-unsaturated/α-hetero) is 1. The number of fused-ring (bicyclic) bond motifs is 3. The van der Waals surface area contributed by atoms with Gasteiger partial charge in [-0.2, -0.15) is 18.2 Å². The molecule has 0 aromatic carbocycles. The Kier molecular flexibility index (Phi) is 3.16. The molecule has 0 bridgehead atoms. The van der Waals surface area contributed by atoms with Crippen molar-refractivity contribution in [1.82, 2.24) is 19.5 Å². The van der Waals surface area contributed by atoms with Crippen molar-refractivity contribution in [3.63, 3.8) is 0 Å². The quantitative estimate of drug-likeness (QED) is 0.839. The average Bonchev–Trinajstić information content (AvgIpc) is 3.15. The summed E-state index contributed by atoms with van der Waals surface area (Å²) in [6.07, 6.45) is 1.39. The molecule has 4 heterocycles. The number of nitrogens with zero attached hydrogens (tertiary/aromatic N) is 5. The Morgan fingerprint density at radius 2 is 2.17 bits per heavy atom. The van der Waals surface area contributed by atoms with E-state index in [9.17, 15) is 18.0 Å². The Bertz CT molecular complexity index is 789. The first-order valence-electron chi connectivity index (χ1n) is 7.61. The van der Waals surface area contributed by atoms with Gasteiger partial charge in [0.25, 0.3) is 0 Å². The molecule has 0 spiro atoms. The summed E-state index contributed by atoms with van der Waals surface area (Å²) in [5.41, 5.74) is -0.949. The van der Waals surface area contributed by atoms with E-state index < -0.39 is 23.9 Å². The van der Waals surface area contributed by atoms with E-state index in [4.69, 9.17) is 0 Å². The molecular weight excluding hydrogens is 323 g/mol. The molecule has 0 N–H and O–H groups in total. The highest BCUT2D eigenvalue weighted by Gasteiger charge is 2.56. The Hall–Kier alpha value is -2.45. The zero-order valence-electron chi connectivity index (χ0n) is 12.6. The lowest BCUT2D eigenvalue weighted by atomic mass is 9.81. The summed E-state index contributed by atoms with van der Waals surface area (Å²) >= 11 is 0. The van der Waals surface area contributed by atoms with Crippen molar-refractivity contribution in [3.05, 3.63) is 30.5 Å². The lowest BCUT2D eigenvalue weighted by molar-refractivity contribution is -0.156. The number of hydrogen-bond donors (Lipinski definition) is 0. The summed E-state index contributed by atoms with van der Waals surface area (Å²) < 4.78 is 40.9. The molecule has 0 aliphatic carbocycles. The fourth-order valence-corrected chi connectivity index (χ4v) is 3.68. The van der Waals surface area contributed by atoms with Gasteiger partial charge in [0.05, 0.1) is 6.42 Å². The summed E-state index contributed by atoms with van der Waals surface area (Å²) in [6.45, 7) is 0.384. The van der Waals surface area contributed by atoms with E-state index in [-0.39, 0.29) is 12.8 Å². The Labute approximate surface area is 135 Å². The summed E-state index contributed by atoms with van der Waals surface area (Å²) in [5.74, 6) is 0.354. The topological polar surface area (TPSA) is 63.9 Å². The number of carbonyl (C=O) groups is 1. The first kappa shape index (κ1) is 15.1. The smallest absolute Gasteiger partial charge is 0.343 e. The van der Waals surface area contributed by atoms with E-state index in [1.54, 1.807) is 17.0 Å². The number of carbonyl (C=O) groups excluding carboxylic acids is 1. The monoisotopic (exact) mass is 337 g/mol. The van der Waals surface area contributed by atoms with Gasteiger partial charge < -0.3 is 4.90 Å². The molecule has 2 aromatic heterocycles. The lowest BCUT2D eigenvalue weighted by Gasteiger charge is -2.42. The van der Waals surface area contributed by atoms with Crippen LogP contribution in [-0.4, -0.2) is 43.6 Å². The summed E-state index contributed by atoms with van der Waals surface area (Å²) in [4.78, 5) is 26.6. The van der Waals surface area contributed by atoms with E-state index in [1.807, 2.05) is 0 Å². The summed E-state index contributed by atoms with van der Waals surface area (Å²) in [7, 11) is 0. The second kappa shape index (κ2) is 5.02. The molecule has 24 heavy (non-hydrogen) atoms. The maximum absolute atomic E-state index is 13.1. The number of rotatable bonds is 2. The third-order valence-corrected chi connectivity index (χ3v) is 4.67. The van der Waals surface area contributed by atoms with Gasteiger partial charge in [-0.1, -0.05) is 0 Å². The number of hydrogen-bond acceptors (Lipinski definition) is 5. The molecule has 6 nitrogen and oxygen atoms in total. The van der Waals surface area contributed by atoms with E-state index in [0.29, 0.717) is 30.3 Å². The van der Waals surface area contributed by atoms with Gasteiger partial charge >= 0.3 is 6.18 Å². The highest BCUT2D eigenvalue weighted by molar-refractivity contribution is 5.97. The SMILES string of the molecule is O=C1Cc2cnc(-n3ccnc3)nc2N2CCCC12CC(F)(F)F. The fraction of sp³-hybridized carbons (Fsp3) is 0.467. The minimum absolute atomic E-state index is 0.0634. The highest BCUT2D eigenvalue weighted by Crippen LogP contribution is 2.46. The van der Waals surface area contributed by atoms with Crippen LogP contribution in [0.2, 0.25) is 0 Å². The predicted octanol–water partition coefficient (Wildman–Crippen LogP) is 2.08. The van der Waals surface area contributed by atoms with Crippen LogP contribution in [0.3, 0.4) is 0 Å². The van der Waals surface area contributed by atoms with Gasteiger partial charge in [0, 0.05) is 37.1 Å². The van der Waals surface area contributed by atoms with Gasteiger partial charge in [-0.25, -0.2) is 9.97 Å². The first-order valence-corrected chi connectivity index (χ1v) is 7.61. The van der Waals surface area contributed by atoms with Crippen molar-refractivity contribution in [2.45, 2.75) is 37.4 Å². The Balaban J connectivity index is 1.80. The minimum atomic E-state index is -4.41. The molecule has 9 heteroatoms. The second-order valence-corrected chi connectivity index (χ2v) is 6.17. The van der Waals surface area contributed by atoms with E-state index >= 15 is 0 Å². The van der Waals surface area contributed by atoms with Gasteiger partial charge in [-0.05, 0) is 12.8 Å². The molecule has 1 atom stereocenters. The molecular formula is C15H14F3N5O. The minimum Gasteiger partial charge on any atom is -0.343 e. The van der Waals surface area contributed by atoms with Crippen LogP contribution in [0.1, 0.15) is 24.8 Å². The van der Waals surface area contributed by atoms with Crippen molar-refractivity contribution >= 4 is 11.6 Å². The normalized spacial score (nSPS) is 23.3. The highest BCUT2D eigenvalue weighted by atomic mass is 19.4. The van der Waals surface area contributed by atoms with Gasteiger partial charge in [0.2, 0.25) is 5.95 Å². The van der Waals surface area contributed by atoms with E-state index in [0.717, 1.165) is 0 Å². The molecule has 0 radical (unpaired) electrons. The molecule has 126 valence electrons. The molecule has 2 aliphatic heterocycles. The Morgan fingerprint density at radius 3 is 2.88 bits per heavy atom. The summed E-state index contributed by atoms with van der Waals surface area (Å²) in [5, 5.41) is 0. The van der Waals surface area contributed by atoms with Crippen LogP contribution in [0.5, 0.6) is 0 Å². The molecule has 2 aliphatic rings. The number of imidazole rings is 1.